The zero-order chi connectivity index (χ0) is 15.8. The SMILES string of the molecule is CC(CCNC(=O)Nc1nc(C(C)C)cs1)CCC(=O)O. The van der Waals surface area contributed by atoms with Gasteiger partial charge in [0.25, 0.3) is 0 Å². The van der Waals surface area contributed by atoms with Gasteiger partial charge in [-0.2, -0.15) is 0 Å². The number of anilines is 1. The lowest BCUT2D eigenvalue weighted by molar-refractivity contribution is -0.137. The molecule has 1 heterocycles. The summed E-state index contributed by atoms with van der Waals surface area (Å²) in [6.07, 6.45) is 1.56. The number of carboxylic acid groups (broad SMARTS) is 1. The normalized spacial score (nSPS) is 12.2. The molecule has 1 aromatic rings. The van der Waals surface area contributed by atoms with Crippen LogP contribution in [-0.2, 0) is 4.79 Å². The van der Waals surface area contributed by atoms with Gasteiger partial charge in [0.2, 0.25) is 0 Å². The standard InChI is InChI=1S/C14H23N3O3S/c1-9(2)11-8-21-14(16-11)17-13(20)15-7-6-10(3)4-5-12(18)19/h8-10H,4-7H2,1-3H3,(H,18,19)(H2,15,16,17,20). The van der Waals surface area contributed by atoms with Crippen molar-refractivity contribution in [3.63, 3.8) is 0 Å². The van der Waals surface area contributed by atoms with Gasteiger partial charge < -0.3 is 10.4 Å². The van der Waals surface area contributed by atoms with Crippen molar-refractivity contribution < 1.29 is 14.7 Å². The number of hydrogen-bond acceptors (Lipinski definition) is 4. The summed E-state index contributed by atoms with van der Waals surface area (Å²) in [5, 5.41) is 16.6. The number of thiazole rings is 1. The molecule has 7 heteroatoms. The molecule has 0 saturated carbocycles. The molecule has 0 aliphatic heterocycles. The van der Waals surface area contributed by atoms with Crippen molar-refractivity contribution >= 4 is 28.5 Å². The van der Waals surface area contributed by atoms with Crippen molar-refractivity contribution in [3.8, 4) is 0 Å². The highest BCUT2D eigenvalue weighted by molar-refractivity contribution is 7.13. The molecule has 2 amide bonds. The Balaban J connectivity index is 2.23. The molecule has 0 aliphatic carbocycles. The minimum absolute atomic E-state index is 0.171. The zero-order valence-corrected chi connectivity index (χ0v) is 13.5. The van der Waals surface area contributed by atoms with E-state index in [2.05, 4.69) is 29.5 Å². The first-order valence-electron chi connectivity index (χ1n) is 7.10. The van der Waals surface area contributed by atoms with E-state index in [1.807, 2.05) is 12.3 Å². The van der Waals surface area contributed by atoms with Crippen LogP contribution in [0.3, 0.4) is 0 Å². The van der Waals surface area contributed by atoms with Crippen LogP contribution in [0.25, 0.3) is 0 Å². The lowest BCUT2D eigenvalue weighted by Crippen LogP contribution is -2.30. The summed E-state index contributed by atoms with van der Waals surface area (Å²) >= 11 is 1.41. The van der Waals surface area contributed by atoms with E-state index in [0.29, 0.717) is 24.0 Å². The first-order chi connectivity index (χ1) is 9.88. The fourth-order valence-electron chi connectivity index (χ4n) is 1.70. The maximum atomic E-state index is 11.7. The second kappa shape index (κ2) is 8.61. The molecule has 1 rings (SSSR count). The maximum Gasteiger partial charge on any atom is 0.321 e. The summed E-state index contributed by atoms with van der Waals surface area (Å²) in [5.74, 6) is -0.166. The van der Waals surface area contributed by atoms with Gasteiger partial charge in [0.15, 0.2) is 5.13 Å². The number of urea groups is 1. The highest BCUT2D eigenvalue weighted by atomic mass is 32.1. The molecule has 0 saturated heterocycles. The average molecular weight is 313 g/mol. The average Bonchev–Trinajstić information content (AvgIpc) is 2.85. The van der Waals surface area contributed by atoms with E-state index in [0.717, 1.165) is 12.1 Å². The summed E-state index contributed by atoms with van der Waals surface area (Å²) in [7, 11) is 0. The Morgan fingerprint density at radius 3 is 2.62 bits per heavy atom. The van der Waals surface area contributed by atoms with Gasteiger partial charge in [-0.3, -0.25) is 10.1 Å². The van der Waals surface area contributed by atoms with Crippen molar-refractivity contribution in [2.24, 2.45) is 5.92 Å². The number of amides is 2. The highest BCUT2D eigenvalue weighted by Gasteiger charge is 2.09. The Bertz CT molecular complexity index is 474. The molecule has 1 aromatic heterocycles. The number of nitrogens with one attached hydrogen (secondary N) is 2. The van der Waals surface area contributed by atoms with Crippen LogP contribution in [0.15, 0.2) is 5.38 Å². The maximum absolute atomic E-state index is 11.7. The Hall–Kier alpha value is -1.63. The van der Waals surface area contributed by atoms with Crippen LogP contribution >= 0.6 is 11.3 Å². The quantitative estimate of drug-likeness (QED) is 0.687. The van der Waals surface area contributed by atoms with Crippen molar-refractivity contribution in [2.75, 3.05) is 11.9 Å². The van der Waals surface area contributed by atoms with Crippen molar-refractivity contribution in [3.05, 3.63) is 11.1 Å². The molecule has 3 N–H and O–H groups in total. The molecule has 0 bridgehead atoms. The molecule has 21 heavy (non-hydrogen) atoms. The predicted octanol–water partition coefficient (Wildman–Crippen LogP) is 3.28. The number of aliphatic carboxylic acids is 1. The van der Waals surface area contributed by atoms with E-state index in [9.17, 15) is 9.59 Å². The number of aromatic nitrogens is 1. The van der Waals surface area contributed by atoms with E-state index >= 15 is 0 Å². The molecule has 1 atom stereocenters. The lowest BCUT2D eigenvalue weighted by Gasteiger charge is -2.10. The summed E-state index contributed by atoms with van der Waals surface area (Å²) < 4.78 is 0. The minimum Gasteiger partial charge on any atom is -0.481 e. The molecule has 0 fully saturated rings. The minimum atomic E-state index is -0.780. The van der Waals surface area contributed by atoms with Gasteiger partial charge in [0.1, 0.15) is 0 Å². The third-order valence-corrected chi connectivity index (χ3v) is 3.88. The van der Waals surface area contributed by atoms with Gasteiger partial charge in [0, 0.05) is 18.3 Å². The second-order valence-electron chi connectivity index (χ2n) is 5.44. The Morgan fingerprint density at radius 1 is 1.33 bits per heavy atom. The lowest BCUT2D eigenvalue weighted by atomic mass is 10.0. The molecule has 0 spiro atoms. The van der Waals surface area contributed by atoms with Crippen LogP contribution in [0.2, 0.25) is 0 Å². The summed E-state index contributed by atoms with van der Waals surface area (Å²) in [6, 6.07) is -0.273. The number of nitrogens with zero attached hydrogens (tertiary/aromatic N) is 1. The first kappa shape index (κ1) is 17.4. The monoisotopic (exact) mass is 313 g/mol. The smallest absolute Gasteiger partial charge is 0.321 e. The Morgan fingerprint density at radius 2 is 2.05 bits per heavy atom. The van der Waals surface area contributed by atoms with Crippen LogP contribution in [0.5, 0.6) is 0 Å². The largest absolute Gasteiger partial charge is 0.481 e. The van der Waals surface area contributed by atoms with Crippen molar-refractivity contribution in [1.29, 1.82) is 0 Å². The van der Waals surface area contributed by atoms with Gasteiger partial charge in [-0.1, -0.05) is 20.8 Å². The van der Waals surface area contributed by atoms with Crippen molar-refractivity contribution in [1.82, 2.24) is 10.3 Å². The Kier molecular flexibility index (Phi) is 7.14. The molecular weight excluding hydrogens is 290 g/mol. The molecule has 118 valence electrons. The topological polar surface area (TPSA) is 91.3 Å². The van der Waals surface area contributed by atoms with E-state index in [4.69, 9.17) is 5.11 Å². The van der Waals surface area contributed by atoms with E-state index < -0.39 is 5.97 Å². The fraction of sp³-hybridized carbons (Fsp3) is 0.643. The molecule has 0 aliphatic rings. The van der Waals surface area contributed by atoms with Gasteiger partial charge in [0.05, 0.1) is 5.69 Å². The van der Waals surface area contributed by atoms with E-state index in [1.165, 1.54) is 11.3 Å². The zero-order valence-electron chi connectivity index (χ0n) is 12.7. The third kappa shape index (κ3) is 7.08. The Labute approximate surface area is 129 Å². The number of rotatable bonds is 8. The van der Waals surface area contributed by atoms with Crippen LogP contribution in [0.1, 0.15) is 51.6 Å². The van der Waals surface area contributed by atoms with Gasteiger partial charge in [-0.05, 0) is 24.7 Å². The van der Waals surface area contributed by atoms with Crippen molar-refractivity contribution in [2.45, 2.75) is 46.0 Å². The second-order valence-corrected chi connectivity index (χ2v) is 6.30. The number of carbonyl (C=O) groups excluding carboxylic acids is 1. The molecule has 0 aromatic carbocycles. The molecular formula is C14H23N3O3S. The van der Waals surface area contributed by atoms with Crippen LogP contribution in [0, 0.1) is 5.92 Å². The summed E-state index contributed by atoms with van der Waals surface area (Å²) in [4.78, 5) is 26.5. The van der Waals surface area contributed by atoms with E-state index in [-0.39, 0.29) is 18.4 Å². The van der Waals surface area contributed by atoms with E-state index in [1.54, 1.807) is 0 Å². The molecule has 0 radical (unpaired) electrons. The molecule has 1 unspecified atom stereocenters. The number of carboxylic acids is 1. The molecule has 6 nitrogen and oxygen atoms in total. The van der Waals surface area contributed by atoms with Crippen LogP contribution in [-0.4, -0.2) is 28.6 Å². The van der Waals surface area contributed by atoms with Gasteiger partial charge in [-0.25, -0.2) is 9.78 Å². The third-order valence-electron chi connectivity index (χ3n) is 3.11. The van der Waals surface area contributed by atoms with Gasteiger partial charge in [-0.15, -0.1) is 11.3 Å². The summed E-state index contributed by atoms with van der Waals surface area (Å²) in [5.41, 5.74) is 0.970. The number of hydrogen-bond donors (Lipinski definition) is 3. The number of carbonyl (C=O) groups is 2. The summed E-state index contributed by atoms with van der Waals surface area (Å²) in [6.45, 7) is 6.61. The fourth-order valence-corrected chi connectivity index (χ4v) is 2.56. The first-order valence-corrected chi connectivity index (χ1v) is 7.98. The highest BCUT2D eigenvalue weighted by Crippen LogP contribution is 2.21. The van der Waals surface area contributed by atoms with Crippen LogP contribution in [0.4, 0.5) is 9.93 Å². The van der Waals surface area contributed by atoms with Crippen LogP contribution < -0.4 is 10.6 Å². The van der Waals surface area contributed by atoms with Gasteiger partial charge >= 0.3 is 12.0 Å². The predicted molar refractivity (Wildman–Crippen MR) is 83.9 cm³/mol.